The van der Waals surface area contributed by atoms with E-state index in [0.717, 1.165) is 46.9 Å². The van der Waals surface area contributed by atoms with Gasteiger partial charge in [0, 0.05) is 37.5 Å². The van der Waals surface area contributed by atoms with Gasteiger partial charge in [0.1, 0.15) is 11.6 Å². The molecule has 1 N–H and O–H groups in total. The Labute approximate surface area is 171 Å². The van der Waals surface area contributed by atoms with Crippen LogP contribution in [0.2, 0.25) is 0 Å². The minimum absolute atomic E-state index is 0.251. The van der Waals surface area contributed by atoms with E-state index in [1.165, 1.54) is 0 Å². The van der Waals surface area contributed by atoms with Gasteiger partial charge in [-0.25, -0.2) is 4.98 Å². The first kappa shape index (κ1) is 18.7. The van der Waals surface area contributed by atoms with Gasteiger partial charge < -0.3 is 10.0 Å². The van der Waals surface area contributed by atoms with Crippen LogP contribution in [-0.2, 0) is 6.42 Å². The first-order chi connectivity index (χ1) is 14.2. The molecule has 4 heteroatoms. The second kappa shape index (κ2) is 8.57. The SMILES string of the molecule is CN(CCc1ccccn1)c1cc(-c2ccccc2)cc(-c2ccc(O)cc2)n1. The number of likely N-dealkylation sites (N-methyl/N-ethyl adjacent to an activating group) is 1. The van der Waals surface area contributed by atoms with Crippen molar-refractivity contribution in [2.75, 3.05) is 18.5 Å². The lowest BCUT2D eigenvalue weighted by Gasteiger charge is -2.20. The third-order valence-electron chi connectivity index (χ3n) is 4.90. The van der Waals surface area contributed by atoms with Gasteiger partial charge in [-0.05, 0) is 59.7 Å². The van der Waals surface area contributed by atoms with E-state index in [1.807, 2.05) is 54.7 Å². The lowest BCUT2D eigenvalue weighted by molar-refractivity contribution is 0.475. The van der Waals surface area contributed by atoms with Crippen LogP contribution in [0.5, 0.6) is 5.75 Å². The molecule has 2 aromatic heterocycles. The third kappa shape index (κ3) is 4.61. The summed E-state index contributed by atoms with van der Waals surface area (Å²) in [6, 6.07) is 27.7. The van der Waals surface area contributed by atoms with E-state index in [9.17, 15) is 5.11 Å². The number of pyridine rings is 2. The molecule has 0 unspecified atom stereocenters. The van der Waals surface area contributed by atoms with Crippen LogP contribution >= 0.6 is 0 Å². The number of nitrogens with zero attached hydrogens (tertiary/aromatic N) is 3. The highest BCUT2D eigenvalue weighted by atomic mass is 16.3. The van der Waals surface area contributed by atoms with Gasteiger partial charge in [0.15, 0.2) is 0 Å². The predicted octanol–water partition coefficient (Wildman–Crippen LogP) is 5.20. The van der Waals surface area contributed by atoms with Crippen molar-refractivity contribution in [3.8, 4) is 28.1 Å². The molecule has 2 aromatic carbocycles. The van der Waals surface area contributed by atoms with E-state index in [4.69, 9.17) is 4.98 Å². The molecule has 0 saturated carbocycles. The Hall–Kier alpha value is -3.66. The van der Waals surface area contributed by atoms with Crippen LogP contribution in [0.15, 0.2) is 91.1 Å². The molecule has 0 radical (unpaired) electrons. The average Bonchev–Trinajstić information content (AvgIpc) is 2.79. The van der Waals surface area contributed by atoms with E-state index < -0.39 is 0 Å². The van der Waals surface area contributed by atoms with Gasteiger partial charge in [-0.15, -0.1) is 0 Å². The van der Waals surface area contributed by atoms with Crippen molar-refractivity contribution < 1.29 is 5.11 Å². The van der Waals surface area contributed by atoms with Crippen molar-refractivity contribution in [3.05, 3.63) is 96.8 Å². The molecule has 0 spiro atoms. The molecule has 0 fully saturated rings. The number of phenols is 1. The summed E-state index contributed by atoms with van der Waals surface area (Å²) < 4.78 is 0. The Morgan fingerprint density at radius 2 is 1.55 bits per heavy atom. The number of hydrogen-bond acceptors (Lipinski definition) is 4. The molecule has 0 saturated heterocycles. The van der Waals surface area contributed by atoms with Crippen molar-refractivity contribution in [1.82, 2.24) is 9.97 Å². The lowest BCUT2D eigenvalue weighted by Crippen LogP contribution is -2.22. The van der Waals surface area contributed by atoms with Crippen molar-refractivity contribution in [3.63, 3.8) is 0 Å². The number of benzene rings is 2. The summed E-state index contributed by atoms with van der Waals surface area (Å²) in [4.78, 5) is 11.5. The van der Waals surface area contributed by atoms with Crippen LogP contribution < -0.4 is 4.90 Å². The number of aromatic hydroxyl groups is 1. The highest BCUT2D eigenvalue weighted by Crippen LogP contribution is 2.29. The lowest BCUT2D eigenvalue weighted by atomic mass is 10.0. The maximum absolute atomic E-state index is 9.62. The second-order valence-corrected chi connectivity index (χ2v) is 7.00. The van der Waals surface area contributed by atoms with E-state index in [1.54, 1.807) is 12.1 Å². The van der Waals surface area contributed by atoms with Gasteiger partial charge >= 0.3 is 0 Å². The number of anilines is 1. The van der Waals surface area contributed by atoms with Gasteiger partial charge in [-0.1, -0.05) is 36.4 Å². The minimum Gasteiger partial charge on any atom is -0.508 e. The quantitative estimate of drug-likeness (QED) is 0.499. The number of phenolic OH excluding ortho intramolecular Hbond substituents is 1. The Morgan fingerprint density at radius 3 is 2.28 bits per heavy atom. The van der Waals surface area contributed by atoms with Crippen LogP contribution in [-0.4, -0.2) is 28.7 Å². The fourth-order valence-corrected chi connectivity index (χ4v) is 3.23. The highest BCUT2D eigenvalue weighted by Gasteiger charge is 2.11. The van der Waals surface area contributed by atoms with Crippen LogP contribution in [0.4, 0.5) is 5.82 Å². The second-order valence-electron chi connectivity index (χ2n) is 7.00. The molecule has 4 nitrogen and oxygen atoms in total. The Kier molecular flexibility index (Phi) is 5.52. The molecule has 0 amide bonds. The maximum Gasteiger partial charge on any atom is 0.129 e. The summed E-state index contributed by atoms with van der Waals surface area (Å²) in [5.74, 6) is 1.16. The summed E-state index contributed by atoms with van der Waals surface area (Å²) in [7, 11) is 2.06. The van der Waals surface area contributed by atoms with Crippen molar-refractivity contribution >= 4 is 5.82 Å². The Morgan fingerprint density at radius 1 is 0.793 bits per heavy atom. The summed E-state index contributed by atoms with van der Waals surface area (Å²) >= 11 is 0. The predicted molar refractivity (Wildman–Crippen MR) is 118 cm³/mol. The van der Waals surface area contributed by atoms with E-state index >= 15 is 0 Å². The number of aromatic nitrogens is 2. The molecule has 4 aromatic rings. The van der Waals surface area contributed by atoms with Gasteiger partial charge in [-0.2, -0.15) is 0 Å². The molecule has 29 heavy (non-hydrogen) atoms. The Balaban J connectivity index is 1.68. The summed E-state index contributed by atoms with van der Waals surface area (Å²) in [5.41, 5.74) is 5.18. The molecule has 0 bridgehead atoms. The first-order valence-corrected chi connectivity index (χ1v) is 9.67. The first-order valence-electron chi connectivity index (χ1n) is 9.67. The zero-order valence-electron chi connectivity index (χ0n) is 16.4. The Bertz CT molecular complexity index is 1060. The fraction of sp³-hybridized carbons (Fsp3) is 0.120. The third-order valence-corrected chi connectivity index (χ3v) is 4.90. The zero-order valence-corrected chi connectivity index (χ0v) is 16.4. The summed E-state index contributed by atoms with van der Waals surface area (Å²) in [6.07, 6.45) is 2.68. The normalized spacial score (nSPS) is 10.7. The zero-order chi connectivity index (χ0) is 20.1. The standard InChI is InChI=1S/C25H23N3O/c1-28(16-14-22-9-5-6-15-26-22)25-18-21(19-7-3-2-4-8-19)17-24(27-25)20-10-12-23(29)13-11-20/h2-13,15,17-18,29H,14,16H2,1H3. The molecular weight excluding hydrogens is 358 g/mol. The van der Waals surface area contributed by atoms with Gasteiger partial charge in [-0.3, -0.25) is 4.98 Å². The van der Waals surface area contributed by atoms with E-state index in [0.29, 0.717) is 0 Å². The molecule has 0 aliphatic rings. The average molecular weight is 381 g/mol. The summed E-state index contributed by atoms with van der Waals surface area (Å²) in [5, 5.41) is 9.62. The van der Waals surface area contributed by atoms with Crippen LogP contribution in [0.1, 0.15) is 5.69 Å². The molecule has 4 rings (SSSR count). The molecule has 0 atom stereocenters. The van der Waals surface area contributed by atoms with Crippen LogP contribution in [0.25, 0.3) is 22.4 Å². The van der Waals surface area contributed by atoms with Gasteiger partial charge in [0.2, 0.25) is 0 Å². The van der Waals surface area contributed by atoms with Crippen LogP contribution in [0, 0.1) is 0 Å². The van der Waals surface area contributed by atoms with Gasteiger partial charge in [0.25, 0.3) is 0 Å². The molecular formula is C25H23N3O. The largest absolute Gasteiger partial charge is 0.508 e. The minimum atomic E-state index is 0.251. The monoisotopic (exact) mass is 381 g/mol. The highest BCUT2D eigenvalue weighted by molar-refractivity contribution is 5.74. The smallest absolute Gasteiger partial charge is 0.129 e. The fourth-order valence-electron chi connectivity index (χ4n) is 3.23. The topological polar surface area (TPSA) is 49.2 Å². The van der Waals surface area contributed by atoms with Crippen molar-refractivity contribution in [2.24, 2.45) is 0 Å². The van der Waals surface area contributed by atoms with Gasteiger partial charge in [0.05, 0.1) is 5.69 Å². The molecule has 144 valence electrons. The number of rotatable bonds is 6. The van der Waals surface area contributed by atoms with Crippen molar-refractivity contribution in [2.45, 2.75) is 6.42 Å². The van der Waals surface area contributed by atoms with Crippen LogP contribution in [0.3, 0.4) is 0 Å². The number of hydrogen-bond donors (Lipinski definition) is 1. The summed E-state index contributed by atoms with van der Waals surface area (Å²) in [6.45, 7) is 0.817. The maximum atomic E-state index is 9.62. The molecule has 0 aliphatic heterocycles. The van der Waals surface area contributed by atoms with Crippen molar-refractivity contribution in [1.29, 1.82) is 0 Å². The molecule has 2 heterocycles. The van der Waals surface area contributed by atoms with E-state index in [-0.39, 0.29) is 5.75 Å². The van der Waals surface area contributed by atoms with E-state index in [2.05, 4.69) is 41.2 Å². The molecule has 0 aliphatic carbocycles.